The van der Waals surface area contributed by atoms with Crippen molar-refractivity contribution in [1.29, 1.82) is 0 Å². The lowest BCUT2D eigenvalue weighted by Crippen LogP contribution is -2.17. The third-order valence-electron chi connectivity index (χ3n) is 2.19. The first-order valence-electron chi connectivity index (χ1n) is 5.23. The molecule has 18 heavy (non-hydrogen) atoms. The Morgan fingerprint density at radius 1 is 1.50 bits per heavy atom. The van der Waals surface area contributed by atoms with Gasteiger partial charge in [-0.25, -0.2) is 8.78 Å². The summed E-state index contributed by atoms with van der Waals surface area (Å²) in [4.78, 5) is 24.7. The molecule has 0 aliphatic heterocycles. The van der Waals surface area contributed by atoms with E-state index >= 15 is 0 Å². The van der Waals surface area contributed by atoms with Crippen LogP contribution >= 0.6 is 0 Å². The van der Waals surface area contributed by atoms with Gasteiger partial charge in [0.05, 0.1) is 25.7 Å². The van der Waals surface area contributed by atoms with Gasteiger partial charge in [-0.1, -0.05) is 0 Å². The standard InChI is InChI=1S/C11H13F2NO4/c1-3-18-8(15)5-6-4-7(9(12)13)10(16)14-11(6)17-2/h4,9H,3,5H2,1-2H3,(H,14,16). The molecular formula is C11H13F2NO4. The molecule has 0 aliphatic carbocycles. The Labute approximate surface area is 102 Å². The minimum Gasteiger partial charge on any atom is -0.482 e. The van der Waals surface area contributed by atoms with Crippen LogP contribution in [0.2, 0.25) is 0 Å². The van der Waals surface area contributed by atoms with Crippen LogP contribution in [-0.4, -0.2) is 24.7 Å². The monoisotopic (exact) mass is 261 g/mol. The Hall–Kier alpha value is -1.92. The highest BCUT2D eigenvalue weighted by Gasteiger charge is 2.18. The molecule has 1 N–H and O–H groups in total. The van der Waals surface area contributed by atoms with Crippen LogP contribution in [0.15, 0.2) is 10.9 Å². The molecule has 5 nitrogen and oxygen atoms in total. The van der Waals surface area contributed by atoms with Gasteiger partial charge in [0.15, 0.2) is 5.88 Å². The van der Waals surface area contributed by atoms with Gasteiger partial charge in [-0.3, -0.25) is 14.6 Å². The number of aromatic amines is 1. The maximum Gasteiger partial charge on any atom is 0.310 e. The number of aromatic nitrogens is 1. The van der Waals surface area contributed by atoms with Gasteiger partial charge in [-0.2, -0.15) is 0 Å². The fourth-order valence-electron chi connectivity index (χ4n) is 1.42. The Kier molecular flexibility index (Phi) is 4.82. The Morgan fingerprint density at radius 2 is 2.17 bits per heavy atom. The van der Waals surface area contributed by atoms with Crippen molar-refractivity contribution in [2.45, 2.75) is 19.8 Å². The first-order valence-corrected chi connectivity index (χ1v) is 5.23. The highest BCUT2D eigenvalue weighted by molar-refractivity contribution is 5.73. The lowest BCUT2D eigenvalue weighted by molar-refractivity contribution is -0.142. The van der Waals surface area contributed by atoms with Crippen molar-refractivity contribution in [3.8, 4) is 5.88 Å². The van der Waals surface area contributed by atoms with Crippen LogP contribution in [0.5, 0.6) is 5.88 Å². The predicted molar refractivity (Wildman–Crippen MR) is 58.9 cm³/mol. The molecule has 1 aromatic rings. The molecule has 0 aliphatic rings. The second-order valence-corrected chi connectivity index (χ2v) is 3.39. The van der Waals surface area contributed by atoms with Gasteiger partial charge < -0.3 is 9.47 Å². The van der Waals surface area contributed by atoms with Crippen molar-refractivity contribution in [2.24, 2.45) is 0 Å². The van der Waals surface area contributed by atoms with E-state index < -0.39 is 23.5 Å². The minimum atomic E-state index is -2.92. The molecule has 0 amide bonds. The van der Waals surface area contributed by atoms with Crippen molar-refractivity contribution in [1.82, 2.24) is 4.98 Å². The molecule has 1 aromatic heterocycles. The topological polar surface area (TPSA) is 68.4 Å². The first-order chi connectivity index (χ1) is 8.49. The van der Waals surface area contributed by atoms with Gasteiger partial charge in [-0.05, 0) is 13.0 Å². The van der Waals surface area contributed by atoms with Crippen molar-refractivity contribution in [3.05, 3.63) is 27.5 Å². The van der Waals surface area contributed by atoms with E-state index in [0.29, 0.717) is 0 Å². The molecule has 0 radical (unpaired) electrons. The molecule has 0 saturated heterocycles. The number of rotatable bonds is 5. The SMILES string of the molecule is CCOC(=O)Cc1cc(C(F)F)c(=O)[nH]c1OC. The average Bonchev–Trinajstić information content (AvgIpc) is 2.30. The number of carbonyl (C=O) groups is 1. The van der Waals surface area contributed by atoms with Gasteiger partial charge in [0.1, 0.15) is 0 Å². The zero-order valence-corrected chi connectivity index (χ0v) is 9.96. The number of ether oxygens (including phenoxy) is 2. The zero-order chi connectivity index (χ0) is 13.7. The van der Waals surface area contributed by atoms with Crippen LogP contribution in [0.25, 0.3) is 0 Å². The van der Waals surface area contributed by atoms with Gasteiger partial charge in [-0.15, -0.1) is 0 Å². The van der Waals surface area contributed by atoms with E-state index in [1.165, 1.54) is 7.11 Å². The van der Waals surface area contributed by atoms with E-state index in [1.807, 2.05) is 0 Å². The summed E-state index contributed by atoms with van der Waals surface area (Å²) in [7, 11) is 1.27. The predicted octanol–water partition coefficient (Wildman–Crippen LogP) is 1.43. The Balaban J connectivity index is 3.12. The second-order valence-electron chi connectivity index (χ2n) is 3.39. The number of hydrogen-bond acceptors (Lipinski definition) is 4. The van der Waals surface area contributed by atoms with Crippen LogP contribution in [0, 0.1) is 0 Å². The molecular weight excluding hydrogens is 248 g/mol. The maximum atomic E-state index is 12.6. The summed E-state index contributed by atoms with van der Waals surface area (Å²) < 4.78 is 34.6. The van der Waals surface area contributed by atoms with E-state index in [4.69, 9.17) is 9.47 Å². The number of carbonyl (C=O) groups excluding carboxylic acids is 1. The largest absolute Gasteiger partial charge is 0.482 e. The fraction of sp³-hybridized carbons (Fsp3) is 0.455. The van der Waals surface area contributed by atoms with E-state index in [9.17, 15) is 18.4 Å². The van der Waals surface area contributed by atoms with Crippen LogP contribution in [0.3, 0.4) is 0 Å². The molecule has 0 saturated carbocycles. The van der Waals surface area contributed by atoms with E-state index in [0.717, 1.165) is 6.07 Å². The molecule has 1 heterocycles. The van der Waals surface area contributed by atoms with E-state index in [1.54, 1.807) is 6.92 Å². The van der Waals surface area contributed by atoms with Crippen molar-refractivity contribution < 1.29 is 23.0 Å². The van der Waals surface area contributed by atoms with Gasteiger partial charge >= 0.3 is 5.97 Å². The Bertz CT molecular complexity index is 484. The van der Waals surface area contributed by atoms with Crippen LogP contribution in [-0.2, 0) is 16.0 Å². The fourth-order valence-corrected chi connectivity index (χ4v) is 1.42. The molecule has 1 rings (SSSR count). The lowest BCUT2D eigenvalue weighted by Gasteiger charge is -2.09. The van der Waals surface area contributed by atoms with Gasteiger partial charge in [0.25, 0.3) is 12.0 Å². The quantitative estimate of drug-likeness (QED) is 0.814. The number of methoxy groups -OCH3 is 1. The number of halogens is 2. The number of pyridine rings is 1. The average molecular weight is 261 g/mol. The molecule has 0 bridgehead atoms. The summed E-state index contributed by atoms with van der Waals surface area (Å²) >= 11 is 0. The number of alkyl halides is 2. The number of nitrogens with one attached hydrogen (secondary N) is 1. The smallest absolute Gasteiger partial charge is 0.310 e. The van der Waals surface area contributed by atoms with Crippen molar-refractivity contribution in [2.75, 3.05) is 13.7 Å². The van der Waals surface area contributed by atoms with Crippen LogP contribution < -0.4 is 10.3 Å². The summed E-state index contributed by atoms with van der Waals surface area (Å²) in [6.45, 7) is 1.82. The second kappa shape index (κ2) is 6.13. The summed E-state index contributed by atoms with van der Waals surface area (Å²) in [5.41, 5.74) is -1.48. The minimum absolute atomic E-state index is 0.0162. The molecule has 0 unspecified atom stereocenters. The molecule has 7 heteroatoms. The summed E-state index contributed by atoms with van der Waals surface area (Å²) in [5, 5.41) is 0. The molecule has 0 atom stereocenters. The molecule has 0 aromatic carbocycles. The number of esters is 1. The third kappa shape index (κ3) is 3.28. The highest BCUT2D eigenvalue weighted by Crippen LogP contribution is 2.21. The number of hydrogen-bond donors (Lipinski definition) is 1. The summed E-state index contributed by atoms with van der Waals surface area (Å²) in [5.74, 6) is -0.597. The van der Waals surface area contributed by atoms with E-state index in [-0.39, 0.29) is 24.5 Å². The highest BCUT2D eigenvalue weighted by atomic mass is 19.3. The summed E-state index contributed by atoms with van der Waals surface area (Å²) in [6.07, 6.45) is -3.16. The van der Waals surface area contributed by atoms with Gasteiger partial charge in [0, 0.05) is 5.56 Å². The Morgan fingerprint density at radius 3 is 2.67 bits per heavy atom. The van der Waals surface area contributed by atoms with E-state index in [2.05, 4.69) is 4.98 Å². The van der Waals surface area contributed by atoms with Crippen LogP contribution in [0.4, 0.5) is 8.78 Å². The maximum absolute atomic E-state index is 12.6. The lowest BCUT2D eigenvalue weighted by atomic mass is 10.1. The molecule has 0 fully saturated rings. The van der Waals surface area contributed by atoms with Crippen LogP contribution in [0.1, 0.15) is 24.5 Å². The summed E-state index contributed by atoms with van der Waals surface area (Å²) in [6, 6.07) is 0.958. The molecule has 0 spiro atoms. The molecule has 100 valence electrons. The number of H-pyrrole nitrogens is 1. The van der Waals surface area contributed by atoms with Crippen molar-refractivity contribution >= 4 is 5.97 Å². The van der Waals surface area contributed by atoms with Gasteiger partial charge in [0.2, 0.25) is 0 Å². The third-order valence-corrected chi connectivity index (χ3v) is 2.19. The zero-order valence-electron chi connectivity index (χ0n) is 9.96. The first kappa shape index (κ1) is 14.1. The van der Waals surface area contributed by atoms with Crippen molar-refractivity contribution in [3.63, 3.8) is 0 Å². The normalized spacial score (nSPS) is 10.5.